The number of hydrogen-bond donors (Lipinski definition) is 0. The van der Waals surface area contributed by atoms with Gasteiger partial charge in [0.25, 0.3) is 5.91 Å². The molecular weight excluding hydrogens is 426 g/mol. The Labute approximate surface area is 188 Å². The fraction of sp³-hybridized carbons (Fsp3) is 0.250. The molecule has 4 aromatic rings. The van der Waals surface area contributed by atoms with Crippen LogP contribution < -0.4 is 15.1 Å². The van der Waals surface area contributed by atoms with Crippen LogP contribution in [0, 0.1) is 0 Å². The second-order valence-electron chi connectivity index (χ2n) is 7.83. The molecule has 0 unspecified atom stereocenters. The molecule has 3 heterocycles. The largest absolute Gasteiger partial charge is 0.494 e. The van der Waals surface area contributed by atoms with E-state index in [1.165, 1.54) is 16.2 Å². The van der Waals surface area contributed by atoms with Crippen molar-refractivity contribution >= 4 is 33.3 Å². The molecule has 7 nitrogen and oxygen atoms in total. The number of benzene rings is 2. The summed E-state index contributed by atoms with van der Waals surface area (Å²) in [7, 11) is 0. The molecule has 0 saturated heterocycles. The van der Waals surface area contributed by atoms with Gasteiger partial charge in [-0.3, -0.25) is 14.5 Å². The van der Waals surface area contributed by atoms with E-state index in [1.54, 1.807) is 24.3 Å². The highest BCUT2D eigenvalue weighted by atomic mass is 32.1. The van der Waals surface area contributed by atoms with E-state index in [4.69, 9.17) is 9.15 Å². The first kappa shape index (κ1) is 20.4. The third-order valence-electron chi connectivity index (χ3n) is 5.41. The summed E-state index contributed by atoms with van der Waals surface area (Å²) in [5.74, 6) is 0.547. The lowest BCUT2D eigenvalue weighted by Crippen LogP contribution is -2.29. The summed E-state index contributed by atoms with van der Waals surface area (Å²) in [5, 5.41) is 10.2. The van der Waals surface area contributed by atoms with Crippen LogP contribution in [0.25, 0.3) is 11.0 Å². The Morgan fingerprint density at radius 3 is 2.53 bits per heavy atom. The normalized spacial score (nSPS) is 15.6. The van der Waals surface area contributed by atoms with Gasteiger partial charge < -0.3 is 9.15 Å². The Morgan fingerprint density at radius 2 is 1.84 bits per heavy atom. The third kappa shape index (κ3) is 3.18. The van der Waals surface area contributed by atoms with Crippen molar-refractivity contribution in [1.29, 1.82) is 0 Å². The van der Waals surface area contributed by atoms with Crippen molar-refractivity contribution in [2.45, 2.75) is 32.7 Å². The van der Waals surface area contributed by atoms with Crippen molar-refractivity contribution in [3.05, 3.63) is 80.6 Å². The van der Waals surface area contributed by atoms with E-state index in [2.05, 4.69) is 10.2 Å². The Bertz CT molecular complexity index is 1370. The van der Waals surface area contributed by atoms with Gasteiger partial charge in [0.1, 0.15) is 16.3 Å². The molecule has 0 N–H and O–H groups in total. The molecule has 0 aliphatic carbocycles. The molecule has 1 atom stereocenters. The summed E-state index contributed by atoms with van der Waals surface area (Å²) < 4.78 is 11.5. The van der Waals surface area contributed by atoms with Gasteiger partial charge in [0.15, 0.2) is 5.43 Å². The van der Waals surface area contributed by atoms with Gasteiger partial charge in [-0.2, -0.15) is 0 Å². The fourth-order valence-electron chi connectivity index (χ4n) is 3.90. The minimum Gasteiger partial charge on any atom is -0.494 e. The molecule has 0 radical (unpaired) electrons. The molecule has 0 spiro atoms. The zero-order valence-corrected chi connectivity index (χ0v) is 18.7. The van der Waals surface area contributed by atoms with Crippen molar-refractivity contribution in [1.82, 2.24) is 10.2 Å². The van der Waals surface area contributed by atoms with Crippen LogP contribution in [-0.4, -0.2) is 22.7 Å². The number of carbonyl (C=O) groups is 1. The van der Waals surface area contributed by atoms with Crippen LogP contribution in [0.15, 0.2) is 57.7 Å². The third-order valence-corrected chi connectivity index (χ3v) is 6.64. The van der Waals surface area contributed by atoms with Gasteiger partial charge in [0.2, 0.25) is 10.9 Å². The first-order valence-corrected chi connectivity index (χ1v) is 11.3. The lowest BCUT2D eigenvalue weighted by Gasteiger charge is -2.22. The molecule has 2 aromatic heterocycles. The van der Waals surface area contributed by atoms with Crippen LogP contribution in [0.2, 0.25) is 0 Å². The standard InChI is InChI=1S/C24H21N3O4S/c1-4-30-15-11-9-14(10-12-15)19-18-20(28)16-7-5-6-8-17(16)31-21(18)23(29)27(19)24-26-25-22(32-24)13(2)3/h5-13,19H,4H2,1-3H3/t19-/m0/s1. The zero-order chi connectivity index (χ0) is 22.4. The fourth-order valence-corrected chi connectivity index (χ4v) is 4.78. The second kappa shape index (κ2) is 7.87. The maximum Gasteiger partial charge on any atom is 0.297 e. The first-order chi connectivity index (χ1) is 15.5. The number of rotatable bonds is 5. The van der Waals surface area contributed by atoms with Crippen molar-refractivity contribution in [2.75, 3.05) is 11.5 Å². The van der Waals surface area contributed by atoms with Gasteiger partial charge in [-0.05, 0) is 36.8 Å². The number of fused-ring (bicyclic) bond motifs is 2. The van der Waals surface area contributed by atoms with Gasteiger partial charge in [-0.15, -0.1) is 10.2 Å². The van der Waals surface area contributed by atoms with Crippen molar-refractivity contribution in [2.24, 2.45) is 0 Å². The van der Waals surface area contributed by atoms with Crippen LogP contribution in [0.3, 0.4) is 0 Å². The molecule has 8 heteroatoms. The summed E-state index contributed by atoms with van der Waals surface area (Å²) in [6, 6.07) is 13.7. The number of nitrogens with zero attached hydrogens (tertiary/aromatic N) is 3. The summed E-state index contributed by atoms with van der Waals surface area (Å²) in [4.78, 5) is 28.6. The number of amides is 1. The van der Waals surface area contributed by atoms with Crippen LogP contribution in [-0.2, 0) is 0 Å². The number of ether oxygens (including phenoxy) is 1. The van der Waals surface area contributed by atoms with Gasteiger partial charge in [0, 0.05) is 5.92 Å². The van der Waals surface area contributed by atoms with Gasteiger partial charge in [-0.25, -0.2) is 0 Å². The van der Waals surface area contributed by atoms with E-state index in [-0.39, 0.29) is 17.1 Å². The molecule has 2 aromatic carbocycles. The smallest absolute Gasteiger partial charge is 0.297 e. The molecule has 1 aliphatic rings. The van der Waals surface area contributed by atoms with E-state index in [1.807, 2.05) is 45.0 Å². The zero-order valence-electron chi connectivity index (χ0n) is 17.9. The van der Waals surface area contributed by atoms with E-state index in [9.17, 15) is 9.59 Å². The quantitative estimate of drug-likeness (QED) is 0.432. The average Bonchev–Trinajstić information content (AvgIpc) is 3.38. The van der Waals surface area contributed by atoms with Gasteiger partial charge in [0.05, 0.1) is 23.6 Å². The molecule has 0 fully saturated rings. The number of anilines is 1. The van der Waals surface area contributed by atoms with Crippen LogP contribution in [0.1, 0.15) is 59.4 Å². The topological polar surface area (TPSA) is 85.5 Å². The average molecular weight is 448 g/mol. The van der Waals surface area contributed by atoms with Crippen molar-refractivity contribution in [3.63, 3.8) is 0 Å². The van der Waals surface area contributed by atoms with Crippen LogP contribution in [0.5, 0.6) is 5.75 Å². The summed E-state index contributed by atoms with van der Waals surface area (Å²) in [5.41, 5.74) is 1.26. The summed E-state index contributed by atoms with van der Waals surface area (Å²) >= 11 is 1.35. The van der Waals surface area contributed by atoms with Gasteiger partial charge in [-0.1, -0.05) is 49.4 Å². The predicted octanol–water partition coefficient (Wildman–Crippen LogP) is 4.92. The number of hydrogen-bond acceptors (Lipinski definition) is 7. The summed E-state index contributed by atoms with van der Waals surface area (Å²) in [6.45, 7) is 6.51. The van der Waals surface area contributed by atoms with E-state index >= 15 is 0 Å². The van der Waals surface area contributed by atoms with Crippen LogP contribution in [0.4, 0.5) is 5.13 Å². The second-order valence-corrected chi connectivity index (χ2v) is 8.82. The Hall–Kier alpha value is -3.52. The van der Waals surface area contributed by atoms with Crippen molar-refractivity contribution in [3.8, 4) is 5.75 Å². The monoisotopic (exact) mass is 447 g/mol. The van der Waals surface area contributed by atoms with E-state index < -0.39 is 11.9 Å². The maximum absolute atomic E-state index is 13.5. The predicted molar refractivity (Wildman–Crippen MR) is 123 cm³/mol. The van der Waals surface area contributed by atoms with Crippen LogP contribution >= 0.6 is 11.3 Å². The van der Waals surface area contributed by atoms with E-state index in [0.717, 1.165) is 16.3 Å². The molecule has 0 saturated carbocycles. The Kier molecular flexibility index (Phi) is 5.01. The SMILES string of the molecule is CCOc1ccc([C@H]2c3c(oc4ccccc4c3=O)C(=O)N2c2nnc(C(C)C)s2)cc1. The first-order valence-electron chi connectivity index (χ1n) is 10.4. The van der Waals surface area contributed by atoms with Crippen molar-refractivity contribution < 1.29 is 13.9 Å². The highest BCUT2D eigenvalue weighted by Crippen LogP contribution is 2.42. The lowest BCUT2D eigenvalue weighted by molar-refractivity contribution is 0.0970. The Morgan fingerprint density at radius 1 is 1.09 bits per heavy atom. The molecule has 1 aliphatic heterocycles. The molecular formula is C24H21N3O4S. The highest BCUT2D eigenvalue weighted by molar-refractivity contribution is 7.15. The minimum absolute atomic E-state index is 0.0499. The number of carbonyl (C=O) groups excluding carboxylic acids is 1. The Balaban J connectivity index is 1.73. The molecule has 32 heavy (non-hydrogen) atoms. The molecule has 5 rings (SSSR count). The number of para-hydroxylation sites is 1. The maximum atomic E-state index is 13.5. The minimum atomic E-state index is -0.665. The van der Waals surface area contributed by atoms with E-state index in [0.29, 0.717) is 28.3 Å². The molecule has 162 valence electrons. The molecule has 0 bridgehead atoms. The number of aromatic nitrogens is 2. The molecule has 1 amide bonds. The van der Waals surface area contributed by atoms with Gasteiger partial charge >= 0.3 is 0 Å². The summed E-state index contributed by atoms with van der Waals surface area (Å²) in [6.07, 6.45) is 0. The highest BCUT2D eigenvalue weighted by Gasteiger charge is 2.45. The lowest BCUT2D eigenvalue weighted by atomic mass is 9.98.